The van der Waals surface area contributed by atoms with Crippen LogP contribution in [0.5, 0.6) is 0 Å². The van der Waals surface area contributed by atoms with Crippen LogP contribution in [0, 0.1) is 3.57 Å². The Kier molecular flexibility index (Phi) is 3.14. The lowest BCUT2D eigenvalue weighted by Gasteiger charge is -2.23. The van der Waals surface area contributed by atoms with Gasteiger partial charge in [-0.2, -0.15) is 0 Å². The third kappa shape index (κ3) is 2.25. The summed E-state index contributed by atoms with van der Waals surface area (Å²) in [5, 5.41) is 9.07. The van der Waals surface area contributed by atoms with Gasteiger partial charge in [-0.25, -0.2) is 4.79 Å². The molecule has 1 unspecified atom stereocenters. The minimum atomic E-state index is -0.716. The van der Waals surface area contributed by atoms with Crippen LogP contribution in [0.15, 0.2) is 24.3 Å². The number of anilines is 1. The maximum Gasteiger partial charge on any atom is 0.326 e. The van der Waals surface area contributed by atoms with Crippen LogP contribution in [0.25, 0.3) is 0 Å². The minimum Gasteiger partial charge on any atom is -0.480 e. The summed E-state index contributed by atoms with van der Waals surface area (Å²) in [4.78, 5) is 13.0. The van der Waals surface area contributed by atoms with E-state index in [4.69, 9.17) is 5.11 Å². The van der Waals surface area contributed by atoms with E-state index in [0.29, 0.717) is 0 Å². The van der Waals surface area contributed by atoms with Crippen LogP contribution < -0.4 is 4.90 Å². The van der Waals surface area contributed by atoms with Gasteiger partial charge in [0.1, 0.15) is 6.04 Å². The monoisotopic (exact) mass is 317 g/mol. The Hall–Kier alpha value is -0.780. The number of hydrogen-bond acceptors (Lipinski definition) is 2. The van der Waals surface area contributed by atoms with Crippen LogP contribution in [0.1, 0.15) is 12.8 Å². The van der Waals surface area contributed by atoms with Gasteiger partial charge in [-0.05, 0) is 53.6 Å². The summed E-state index contributed by atoms with van der Waals surface area (Å²) in [6.45, 7) is 0.844. The second kappa shape index (κ2) is 4.38. The number of benzene rings is 1. The first-order valence-electron chi connectivity index (χ1n) is 4.93. The summed E-state index contributed by atoms with van der Waals surface area (Å²) in [6, 6.07) is 7.64. The predicted octanol–water partition coefficient (Wildman–Crippen LogP) is 2.34. The molecule has 0 bridgehead atoms. The van der Waals surface area contributed by atoms with Crippen LogP contribution in [0.4, 0.5) is 5.69 Å². The number of nitrogens with zero attached hydrogens (tertiary/aromatic N) is 1. The summed E-state index contributed by atoms with van der Waals surface area (Å²) >= 11 is 2.24. The molecule has 1 fully saturated rings. The lowest BCUT2D eigenvalue weighted by Crippen LogP contribution is -2.35. The van der Waals surface area contributed by atoms with Gasteiger partial charge in [0.2, 0.25) is 0 Å². The Morgan fingerprint density at radius 3 is 3.00 bits per heavy atom. The highest BCUT2D eigenvalue weighted by molar-refractivity contribution is 14.1. The fraction of sp³-hybridized carbons (Fsp3) is 0.364. The molecule has 2 rings (SSSR count). The first-order chi connectivity index (χ1) is 7.18. The summed E-state index contributed by atoms with van der Waals surface area (Å²) < 4.78 is 1.14. The van der Waals surface area contributed by atoms with Gasteiger partial charge in [0.25, 0.3) is 0 Å². The Balaban J connectivity index is 2.26. The van der Waals surface area contributed by atoms with Gasteiger partial charge in [-0.3, -0.25) is 0 Å². The number of hydrogen-bond donors (Lipinski definition) is 1. The average Bonchev–Trinajstić information content (AvgIpc) is 2.65. The van der Waals surface area contributed by atoms with Crippen LogP contribution in [0.3, 0.4) is 0 Å². The van der Waals surface area contributed by atoms with Crippen LogP contribution in [-0.4, -0.2) is 23.7 Å². The number of carboxylic acids is 1. The molecule has 1 saturated heterocycles. The Morgan fingerprint density at radius 2 is 2.33 bits per heavy atom. The van der Waals surface area contributed by atoms with Crippen molar-refractivity contribution in [3.05, 3.63) is 27.8 Å². The number of rotatable bonds is 2. The fourth-order valence-corrected chi connectivity index (χ4v) is 2.51. The lowest BCUT2D eigenvalue weighted by atomic mass is 10.2. The number of carbonyl (C=O) groups is 1. The summed E-state index contributed by atoms with van der Waals surface area (Å²) in [5.74, 6) is -0.716. The molecule has 3 nitrogen and oxygen atoms in total. The molecule has 0 aliphatic carbocycles. The normalized spacial score (nSPS) is 20.6. The second-order valence-electron chi connectivity index (χ2n) is 3.67. The van der Waals surface area contributed by atoms with E-state index < -0.39 is 5.97 Å². The van der Waals surface area contributed by atoms with Crippen molar-refractivity contribution < 1.29 is 9.90 Å². The van der Waals surface area contributed by atoms with Crippen LogP contribution in [-0.2, 0) is 4.79 Å². The van der Waals surface area contributed by atoms with E-state index in [2.05, 4.69) is 22.6 Å². The van der Waals surface area contributed by atoms with Crippen molar-refractivity contribution in [2.45, 2.75) is 18.9 Å². The quantitative estimate of drug-likeness (QED) is 0.851. The highest BCUT2D eigenvalue weighted by Crippen LogP contribution is 2.26. The third-order valence-electron chi connectivity index (χ3n) is 2.68. The molecule has 15 heavy (non-hydrogen) atoms. The molecule has 0 amide bonds. The zero-order valence-corrected chi connectivity index (χ0v) is 10.3. The molecule has 0 radical (unpaired) electrons. The van der Waals surface area contributed by atoms with Gasteiger partial charge in [0.15, 0.2) is 0 Å². The van der Waals surface area contributed by atoms with E-state index in [1.54, 1.807) is 0 Å². The largest absolute Gasteiger partial charge is 0.480 e. The van der Waals surface area contributed by atoms with Crippen molar-refractivity contribution in [2.75, 3.05) is 11.4 Å². The molecular formula is C11H12INO2. The molecule has 0 saturated carbocycles. The van der Waals surface area contributed by atoms with Crippen molar-refractivity contribution in [3.8, 4) is 0 Å². The van der Waals surface area contributed by atoms with Crippen molar-refractivity contribution in [3.63, 3.8) is 0 Å². The van der Waals surface area contributed by atoms with Crippen molar-refractivity contribution >= 4 is 34.2 Å². The highest BCUT2D eigenvalue weighted by Gasteiger charge is 2.30. The molecule has 1 aromatic rings. The molecule has 0 aromatic heterocycles. The van der Waals surface area contributed by atoms with E-state index in [1.807, 2.05) is 29.2 Å². The first kappa shape index (κ1) is 10.7. The Bertz CT molecular complexity index is 381. The zero-order chi connectivity index (χ0) is 10.8. The van der Waals surface area contributed by atoms with Gasteiger partial charge < -0.3 is 10.0 Å². The van der Waals surface area contributed by atoms with E-state index in [9.17, 15) is 4.79 Å². The molecule has 80 valence electrons. The zero-order valence-electron chi connectivity index (χ0n) is 8.19. The molecule has 0 spiro atoms. The summed E-state index contributed by atoms with van der Waals surface area (Å²) in [5.41, 5.74) is 1.02. The number of halogens is 1. The van der Waals surface area contributed by atoms with Crippen molar-refractivity contribution in [2.24, 2.45) is 0 Å². The standard InChI is InChI=1S/C11H12INO2/c12-8-3-1-4-9(7-8)13-6-2-5-10(13)11(14)15/h1,3-4,7,10H,2,5-6H2,(H,14,15). The molecule has 1 heterocycles. The summed E-state index contributed by atoms with van der Waals surface area (Å²) in [6.07, 6.45) is 1.71. The second-order valence-corrected chi connectivity index (χ2v) is 4.92. The molecule has 1 aliphatic heterocycles. The Morgan fingerprint density at radius 1 is 1.53 bits per heavy atom. The smallest absolute Gasteiger partial charge is 0.326 e. The topological polar surface area (TPSA) is 40.5 Å². The van der Waals surface area contributed by atoms with Crippen molar-refractivity contribution in [1.82, 2.24) is 0 Å². The highest BCUT2D eigenvalue weighted by atomic mass is 127. The molecule has 1 aliphatic rings. The summed E-state index contributed by atoms with van der Waals surface area (Å²) in [7, 11) is 0. The van der Waals surface area contributed by atoms with Gasteiger partial charge >= 0.3 is 5.97 Å². The van der Waals surface area contributed by atoms with Gasteiger partial charge in [0.05, 0.1) is 0 Å². The number of aliphatic carboxylic acids is 1. The third-order valence-corrected chi connectivity index (χ3v) is 3.35. The molecule has 4 heteroatoms. The van der Waals surface area contributed by atoms with Crippen LogP contribution >= 0.6 is 22.6 Å². The fourth-order valence-electron chi connectivity index (χ4n) is 1.99. The average molecular weight is 317 g/mol. The Labute approximate surface area is 102 Å². The van der Waals surface area contributed by atoms with E-state index in [1.165, 1.54) is 0 Å². The molecule has 1 aromatic carbocycles. The maximum absolute atomic E-state index is 11.0. The van der Waals surface area contributed by atoms with Gasteiger partial charge in [-0.15, -0.1) is 0 Å². The van der Waals surface area contributed by atoms with Crippen molar-refractivity contribution in [1.29, 1.82) is 0 Å². The van der Waals surface area contributed by atoms with E-state index in [0.717, 1.165) is 28.6 Å². The molecule has 1 atom stereocenters. The lowest BCUT2D eigenvalue weighted by molar-refractivity contribution is -0.138. The SMILES string of the molecule is O=C(O)C1CCCN1c1cccc(I)c1. The molecule has 1 N–H and O–H groups in total. The van der Waals surface area contributed by atoms with Crippen LogP contribution in [0.2, 0.25) is 0 Å². The van der Waals surface area contributed by atoms with Gasteiger partial charge in [-0.1, -0.05) is 6.07 Å². The first-order valence-corrected chi connectivity index (χ1v) is 6.01. The maximum atomic E-state index is 11.0. The van der Waals surface area contributed by atoms with E-state index >= 15 is 0 Å². The van der Waals surface area contributed by atoms with Gasteiger partial charge in [0, 0.05) is 15.8 Å². The predicted molar refractivity (Wildman–Crippen MR) is 67.2 cm³/mol. The number of carboxylic acid groups (broad SMARTS) is 1. The minimum absolute atomic E-state index is 0.344. The molecular weight excluding hydrogens is 305 g/mol. The van der Waals surface area contributed by atoms with E-state index in [-0.39, 0.29) is 6.04 Å².